The Morgan fingerprint density at radius 1 is 0.926 bits per heavy atom. The molecule has 0 saturated carbocycles. The molecule has 2 nitrogen and oxygen atoms in total. The zero-order valence-electron chi connectivity index (χ0n) is 13.8. The van der Waals surface area contributed by atoms with Crippen molar-refractivity contribution in [3.05, 3.63) is 76.9 Å². The number of halogens is 3. The van der Waals surface area contributed by atoms with Crippen LogP contribution in [0.3, 0.4) is 0 Å². The largest absolute Gasteiger partial charge is 0.289 e. The van der Waals surface area contributed by atoms with Gasteiger partial charge in [0.1, 0.15) is 0 Å². The molecule has 0 saturated heterocycles. The van der Waals surface area contributed by atoms with Crippen LogP contribution in [0.5, 0.6) is 0 Å². The third-order valence-corrected chi connectivity index (χ3v) is 7.61. The molecule has 0 radical (unpaired) electrons. The van der Waals surface area contributed by atoms with E-state index in [9.17, 15) is 9.59 Å². The standard InChI is InChI=1S/C21H9Br2ClO2S/c1-8-6-9(24)7-14-15(8)20(26)21(27-14)17-10-2-4-12(22)18-13(23)5-3-11(16(10)18)19(17)25/h2-7H,1H3/b21-17-. The van der Waals surface area contributed by atoms with E-state index in [4.69, 9.17) is 11.6 Å². The average molecular weight is 521 g/mol. The minimum atomic E-state index is -0.104. The number of fused-ring (bicyclic) bond motifs is 1. The lowest BCUT2D eigenvalue weighted by Crippen LogP contribution is -2.23. The van der Waals surface area contributed by atoms with Gasteiger partial charge in [-0.25, -0.2) is 0 Å². The van der Waals surface area contributed by atoms with Gasteiger partial charge in [-0.1, -0.05) is 61.3 Å². The van der Waals surface area contributed by atoms with Crippen molar-refractivity contribution in [3.63, 3.8) is 0 Å². The first kappa shape index (κ1) is 17.7. The molecule has 4 aromatic rings. The van der Waals surface area contributed by atoms with Crippen LogP contribution in [0.25, 0.3) is 26.5 Å². The van der Waals surface area contributed by atoms with E-state index >= 15 is 0 Å². The summed E-state index contributed by atoms with van der Waals surface area (Å²) in [5.41, 5.74) is 1.37. The van der Waals surface area contributed by atoms with E-state index in [1.165, 1.54) is 11.8 Å². The van der Waals surface area contributed by atoms with Crippen molar-refractivity contribution in [3.8, 4) is 0 Å². The molecule has 1 aliphatic heterocycles. The SMILES string of the molecule is Cc1cc(Cl)cc2c1C(=O)/C(=c1/c(=O)c3ccc(Br)c4c(Br)ccc1c43)S2. The van der Waals surface area contributed by atoms with E-state index in [0.29, 0.717) is 26.1 Å². The Morgan fingerprint density at radius 3 is 2.30 bits per heavy atom. The Labute approximate surface area is 180 Å². The molecule has 5 rings (SSSR count). The fourth-order valence-electron chi connectivity index (χ4n) is 3.81. The Morgan fingerprint density at radius 2 is 1.59 bits per heavy atom. The maximum Gasteiger partial charge on any atom is 0.201 e. The average Bonchev–Trinajstić information content (AvgIpc) is 3.07. The van der Waals surface area contributed by atoms with Gasteiger partial charge in [-0.05, 0) is 48.2 Å². The van der Waals surface area contributed by atoms with Crippen LogP contribution in [0.15, 0.2) is 55.0 Å². The van der Waals surface area contributed by atoms with Gasteiger partial charge in [-0.15, -0.1) is 0 Å². The van der Waals surface area contributed by atoms with E-state index in [2.05, 4.69) is 31.9 Å². The minimum Gasteiger partial charge on any atom is -0.289 e. The van der Waals surface area contributed by atoms with Crippen molar-refractivity contribution in [2.45, 2.75) is 11.8 Å². The number of Topliss-reactive ketones (excluding diaryl/α,β-unsaturated/α-hetero) is 1. The first-order valence-electron chi connectivity index (χ1n) is 8.11. The highest BCUT2D eigenvalue weighted by molar-refractivity contribution is 9.11. The van der Waals surface area contributed by atoms with Crippen LogP contribution in [-0.4, -0.2) is 5.78 Å². The summed E-state index contributed by atoms with van der Waals surface area (Å²) < 4.78 is 1.82. The highest BCUT2D eigenvalue weighted by Crippen LogP contribution is 2.44. The molecule has 4 aromatic carbocycles. The van der Waals surface area contributed by atoms with Crippen molar-refractivity contribution in [2.24, 2.45) is 0 Å². The maximum absolute atomic E-state index is 13.3. The Balaban J connectivity index is 1.97. The van der Waals surface area contributed by atoms with Gasteiger partial charge in [-0.3, -0.25) is 9.59 Å². The van der Waals surface area contributed by atoms with Crippen molar-refractivity contribution >= 4 is 87.5 Å². The predicted molar refractivity (Wildman–Crippen MR) is 119 cm³/mol. The van der Waals surface area contributed by atoms with Gasteiger partial charge in [0.15, 0.2) is 5.43 Å². The summed E-state index contributed by atoms with van der Waals surface area (Å²) in [5, 5.41) is 4.34. The van der Waals surface area contributed by atoms with Gasteiger partial charge in [0.05, 0.1) is 4.91 Å². The van der Waals surface area contributed by atoms with Crippen molar-refractivity contribution in [1.82, 2.24) is 0 Å². The van der Waals surface area contributed by atoms with Gasteiger partial charge < -0.3 is 0 Å². The summed E-state index contributed by atoms with van der Waals surface area (Å²) >= 11 is 14.7. The highest BCUT2D eigenvalue weighted by Gasteiger charge is 2.31. The molecule has 1 heterocycles. The molecule has 0 unspecified atom stereocenters. The third-order valence-electron chi connectivity index (χ3n) is 4.94. The second-order valence-corrected chi connectivity index (χ2v) is 9.70. The van der Waals surface area contributed by atoms with Gasteiger partial charge in [0.25, 0.3) is 0 Å². The molecule has 132 valence electrons. The maximum atomic E-state index is 13.3. The highest BCUT2D eigenvalue weighted by atomic mass is 79.9. The smallest absolute Gasteiger partial charge is 0.201 e. The van der Waals surface area contributed by atoms with Gasteiger partial charge in [0.2, 0.25) is 5.78 Å². The summed E-state index contributed by atoms with van der Waals surface area (Å²) in [4.78, 5) is 27.7. The zero-order valence-corrected chi connectivity index (χ0v) is 18.6. The number of benzene rings is 3. The molecule has 0 bridgehead atoms. The number of hydrogen-bond donors (Lipinski definition) is 0. The van der Waals surface area contributed by atoms with E-state index < -0.39 is 0 Å². The van der Waals surface area contributed by atoms with Gasteiger partial charge >= 0.3 is 0 Å². The second-order valence-electron chi connectivity index (χ2n) is 6.50. The quantitative estimate of drug-likeness (QED) is 0.281. The van der Waals surface area contributed by atoms with Gasteiger partial charge in [-0.2, -0.15) is 0 Å². The molecule has 0 aliphatic carbocycles. The zero-order chi connectivity index (χ0) is 19.0. The number of carbonyl (C=O) groups excluding carboxylic acids is 1. The molecule has 0 fully saturated rings. The first-order valence-corrected chi connectivity index (χ1v) is 10.9. The summed E-state index contributed by atoms with van der Waals surface area (Å²) in [7, 11) is 0. The molecular formula is C21H9Br2ClO2S. The lowest BCUT2D eigenvalue weighted by Gasteiger charge is -2.04. The fraction of sp³-hybridized carbons (Fsp3) is 0.0476. The number of thioether (sulfide) groups is 1. The molecule has 0 amide bonds. The summed E-state index contributed by atoms with van der Waals surface area (Å²) in [5.74, 6) is -0.101. The van der Waals surface area contributed by atoms with E-state index in [0.717, 1.165) is 35.6 Å². The second kappa shape index (κ2) is 6.05. The number of ketones is 1. The van der Waals surface area contributed by atoms with Crippen LogP contribution >= 0.6 is 55.2 Å². The molecule has 0 spiro atoms. The number of hydrogen-bond acceptors (Lipinski definition) is 3. The van der Waals surface area contributed by atoms with E-state index in [-0.39, 0.29) is 11.2 Å². The monoisotopic (exact) mass is 518 g/mol. The van der Waals surface area contributed by atoms with E-state index in [1.807, 2.05) is 31.2 Å². The van der Waals surface area contributed by atoms with Crippen LogP contribution in [0.2, 0.25) is 5.02 Å². The van der Waals surface area contributed by atoms with Crippen LogP contribution < -0.4 is 10.6 Å². The molecule has 0 N–H and O–H groups in total. The fourth-order valence-corrected chi connectivity index (χ4v) is 6.76. The van der Waals surface area contributed by atoms with Crippen molar-refractivity contribution in [2.75, 3.05) is 0 Å². The minimum absolute atomic E-state index is 0.101. The number of carbonyl (C=O) groups is 1. The Kier molecular flexibility index (Phi) is 3.96. The first-order chi connectivity index (χ1) is 12.9. The number of rotatable bonds is 0. The molecule has 0 aromatic heterocycles. The lowest BCUT2D eigenvalue weighted by atomic mass is 10.0. The topological polar surface area (TPSA) is 34.1 Å². The summed E-state index contributed by atoms with van der Waals surface area (Å²) in [6.45, 7) is 1.87. The molecule has 27 heavy (non-hydrogen) atoms. The van der Waals surface area contributed by atoms with Crippen LogP contribution in [-0.2, 0) is 0 Å². The van der Waals surface area contributed by atoms with Crippen LogP contribution in [0.4, 0.5) is 0 Å². The van der Waals surface area contributed by atoms with Crippen LogP contribution in [0, 0.1) is 6.92 Å². The predicted octanol–water partition coefficient (Wildman–Crippen LogP) is 6.09. The third kappa shape index (κ3) is 2.38. The van der Waals surface area contributed by atoms with Crippen LogP contribution in [0.1, 0.15) is 15.9 Å². The van der Waals surface area contributed by atoms with Crippen molar-refractivity contribution < 1.29 is 4.79 Å². The lowest BCUT2D eigenvalue weighted by molar-refractivity contribution is 0.105. The molecule has 6 heteroatoms. The van der Waals surface area contributed by atoms with Crippen molar-refractivity contribution in [1.29, 1.82) is 0 Å². The molecular weight excluding hydrogens is 512 g/mol. The van der Waals surface area contributed by atoms with E-state index in [1.54, 1.807) is 12.1 Å². The summed E-state index contributed by atoms with van der Waals surface area (Å²) in [6.07, 6.45) is 0. The molecule has 1 aliphatic rings. The molecule has 0 atom stereocenters. The summed E-state index contributed by atoms with van der Waals surface area (Å²) in [6, 6.07) is 11.1. The Hall–Kier alpha value is -1.40. The normalized spacial score (nSPS) is 15.9. The number of aryl methyl sites for hydroxylation is 1. The van der Waals surface area contributed by atoms with Gasteiger partial charge in [0, 0.05) is 45.8 Å². The Bertz CT molecular complexity index is 1420.